The van der Waals surface area contributed by atoms with Gasteiger partial charge in [-0.05, 0) is 49.6 Å². The summed E-state index contributed by atoms with van der Waals surface area (Å²) in [6, 6.07) is 16.5. The molecular weight excluding hydrogens is 460 g/mol. The Morgan fingerprint density at radius 2 is 1.75 bits per heavy atom. The van der Waals surface area contributed by atoms with E-state index >= 15 is 0 Å². The van der Waals surface area contributed by atoms with E-state index in [4.69, 9.17) is 14.2 Å². The van der Waals surface area contributed by atoms with Crippen molar-refractivity contribution < 1.29 is 28.6 Å². The molecule has 0 radical (unpaired) electrons. The van der Waals surface area contributed by atoms with E-state index in [2.05, 4.69) is 5.32 Å². The molecule has 2 aromatic rings. The smallest absolute Gasteiger partial charge is 0.340 e. The average molecular weight is 493 g/mol. The van der Waals surface area contributed by atoms with Gasteiger partial charge in [-0.2, -0.15) is 0 Å². The second-order valence-electron chi connectivity index (χ2n) is 8.37. The third-order valence-corrected chi connectivity index (χ3v) is 5.87. The largest absolute Gasteiger partial charge is 0.484 e. The Morgan fingerprint density at radius 3 is 2.39 bits per heavy atom. The number of allylic oxidation sites excluding steroid dienone is 1. The predicted octanol–water partition coefficient (Wildman–Crippen LogP) is 3.65. The van der Waals surface area contributed by atoms with Crippen molar-refractivity contribution in [2.45, 2.75) is 26.3 Å². The zero-order valence-electron chi connectivity index (χ0n) is 21.1. The van der Waals surface area contributed by atoms with Crippen molar-refractivity contribution in [2.24, 2.45) is 0 Å². The molecule has 0 aromatic heterocycles. The Bertz CT molecular complexity index is 1140. The van der Waals surface area contributed by atoms with Gasteiger partial charge >= 0.3 is 5.97 Å². The van der Waals surface area contributed by atoms with Crippen LogP contribution in [0.15, 0.2) is 71.4 Å². The first-order valence-corrected chi connectivity index (χ1v) is 11.7. The van der Waals surface area contributed by atoms with Gasteiger partial charge in [0.15, 0.2) is 6.61 Å². The SMILES string of the molecule is COCCCN1C(=O)/C(=C\c2ccc(OCC(=O)N[C@H](C)c3ccccc3)cc2)C(C(=O)OC)=C1C. The van der Waals surface area contributed by atoms with Gasteiger partial charge < -0.3 is 24.4 Å². The van der Waals surface area contributed by atoms with Crippen LogP contribution in [-0.4, -0.2) is 56.7 Å². The average Bonchev–Trinajstić information content (AvgIpc) is 3.12. The molecular formula is C28H32N2O6. The number of hydrogen-bond donors (Lipinski definition) is 1. The van der Waals surface area contributed by atoms with Crippen LogP contribution in [0.3, 0.4) is 0 Å². The number of benzene rings is 2. The molecule has 1 aliphatic heterocycles. The summed E-state index contributed by atoms with van der Waals surface area (Å²) in [6.45, 7) is 4.47. The summed E-state index contributed by atoms with van der Waals surface area (Å²) in [5.74, 6) is -0.532. The van der Waals surface area contributed by atoms with Gasteiger partial charge in [0.1, 0.15) is 5.75 Å². The summed E-state index contributed by atoms with van der Waals surface area (Å²) >= 11 is 0. The molecule has 1 atom stereocenters. The summed E-state index contributed by atoms with van der Waals surface area (Å²) in [5, 5.41) is 2.91. The number of rotatable bonds is 11. The number of carbonyl (C=O) groups is 3. The molecule has 1 N–H and O–H groups in total. The standard InChI is InChI=1S/C28H32N2O6/c1-19(22-9-6-5-7-10-22)29-25(31)18-36-23-13-11-21(12-14-23)17-24-26(28(33)35-4)20(2)30(27(24)32)15-8-16-34-3/h5-7,9-14,17,19H,8,15-16,18H2,1-4H3,(H,29,31)/b24-17-/t19-/m1/s1. The molecule has 0 saturated carbocycles. The summed E-state index contributed by atoms with van der Waals surface area (Å²) in [6.07, 6.45) is 2.30. The Hall–Kier alpha value is -3.91. The van der Waals surface area contributed by atoms with Crippen molar-refractivity contribution in [3.05, 3.63) is 82.6 Å². The van der Waals surface area contributed by atoms with Crippen LogP contribution < -0.4 is 10.1 Å². The number of ether oxygens (including phenoxy) is 3. The van der Waals surface area contributed by atoms with E-state index in [1.165, 1.54) is 7.11 Å². The first kappa shape index (κ1) is 26.7. The topological polar surface area (TPSA) is 94.2 Å². The van der Waals surface area contributed by atoms with E-state index in [9.17, 15) is 14.4 Å². The summed E-state index contributed by atoms with van der Waals surface area (Å²) < 4.78 is 15.6. The molecule has 36 heavy (non-hydrogen) atoms. The van der Waals surface area contributed by atoms with Crippen LogP contribution in [0.4, 0.5) is 0 Å². The van der Waals surface area contributed by atoms with Gasteiger partial charge in [-0.15, -0.1) is 0 Å². The van der Waals surface area contributed by atoms with E-state index in [1.807, 2.05) is 37.3 Å². The molecule has 0 spiro atoms. The molecule has 8 heteroatoms. The Morgan fingerprint density at radius 1 is 1.06 bits per heavy atom. The molecule has 0 fully saturated rings. The predicted molar refractivity (Wildman–Crippen MR) is 136 cm³/mol. The highest BCUT2D eigenvalue weighted by Crippen LogP contribution is 2.32. The molecule has 2 amide bonds. The Balaban J connectivity index is 1.66. The quantitative estimate of drug-likeness (QED) is 0.292. The van der Waals surface area contributed by atoms with Crippen molar-refractivity contribution in [1.29, 1.82) is 0 Å². The van der Waals surface area contributed by atoms with E-state index in [0.717, 1.165) is 5.56 Å². The minimum absolute atomic E-state index is 0.124. The second kappa shape index (κ2) is 12.7. The lowest BCUT2D eigenvalue weighted by molar-refractivity contribution is -0.136. The Labute approximate surface area is 211 Å². The van der Waals surface area contributed by atoms with Gasteiger partial charge in [-0.25, -0.2) is 4.79 Å². The number of nitrogens with zero attached hydrogens (tertiary/aromatic N) is 1. The number of methoxy groups -OCH3 is 2. The van der Waals surface area contributed by atoms with Crippen LogP contribution in [0.25, 0.3) is 6.08 Å². The molecule has 0 unspecified atom stereocenters. The van der Waals surface area contributed by atoms with Crippen LogP contribution in [-0.2, 0) is 23.9 Å². The van der Waals surface area contributed by atoms with Crippen molar-refractivity contribution >= 4 is 23.9 Å². The van der Waals surface area contributed by atoms with Gasteiger partial charge in [0.25, 0.3) is 11.8 Å². The van der Waals surface area contributed by atoms with E-state index in [1.54, 1.807) is 49.3 Å². The van der Waals surface area contributed by atoms with Gasteiger partial charge in [-0.3, -0.25) is 9.59 Å². The third kappa shape index (κ3) is 6.60. The molecule has 8 nitrogen and oxygen atoms in total. The molecule has 190 valence electrons. The Kier molecular flexibility index (Phi) is 9.41. The maximum Gasteiger partial charge on any atom is 0.340 e. The first-order chi connectivity index (χ1) is 17.3. The summed E-state index contributed by atoms with van der Waals surface area (Å²) in [4.78, 5) is 39.4. The number of hydrogen-bond acceptors (Lipinski definition) is 6. The van der Waals surface area contributed by atoms with Crippen molar-refractivity contribution in [3.63, 3.8) is 0 Å². The number of carbonyl (C=O) groups excluding carboxylic acids is 3. The fourth-order valence-electron chi connectivity index (χ4n) is 3.95. The number of esters is 1. The molecule has 0 aliphatic carbocycles. The summed E-state index contributed by atoms with van der Waals surface area (Å²) in [5.41, 5.74) is 2.81. The fourth-order valence-corrected chi connectivity index (χ4v) is 3.95. The van der Waals surface area contributed by atoms with Crippen LogP contribution in [0.5, 0.6) is 5.75 Å². The van der Waals surface area contributed by atoms with Crippen LogP contribution in [0.1, 0.15) is 37.4 Å². The van der Waals surface area contributed by atoms with E-state index in [-0.39, 0.29) is 35.6 Å². The molecule has 0 bridgehead atoms. The van der Waals surface area contributed by atoms with Crippen molar-refractivity contribution in [3.8, 4) is 5.75 Å². The maximum absolute atomic E-state index is 13.1. The highest BCUT2D eigenvalue weighted by Gasteiger charge is 2.36. The second-order valence-corrected chi connectivity index (χ2v) is 8.37. The lowest BCUT2D eigenvalue weighted by atomic mass is 10.0. The van der Waals surface area contributed by atoms with Crippen LogP contribution in [0.2, 0.25) is 0 Å². The first-order valence-electron chi connectivity index (χ1n) is 11.7. The van der Waals surface area contributed by atoms with E-state index < -0.39 is 5.97 Å². The van der Waals surface area contributed by atoms with Crippen LogP contribution in [0, 0.1) is 0 Å². The molecule has 1 aliphatic rings. The van der Waals surface area contributed by atoms with Gasteiger partial charge in [0.2, 0.25) is 0 Å². The molecule has 1 heterocycles. The maximum atomic E-state index is 13.1. The molecule has 2 aromatic carbocycles. The monoisotopic (exact) mass is 492 g/mol. The van der Waals surface area contributed by atoms with Gasteiger partial charge in [-0.1, -0.05) is 42.5 Å². The van der Waals surface area contributed by atoms with Crippen molar-refractivity contribution in [2.75, 3.05) is 34.0 Å². The highest BCUT2D eigenvalue weighted by atomic mass is 16.5. The lowest BCUT2D eigenvalue weighted by Gasteiger charge is -2.17. The van der Waals surface area contributed by atoms with Crippen molar-refractivity contribution in [1.82, 2.24) is 10.2 Å². The minimum Gasteiger partial charge on any atom is -0.484 e. The zero-order valence-corrected chi connectivity index (χ0v) is 21.1. The van der Waals surface area contributed by atoms with E-state index in [0.29, 0.717) is 36.6 Å². The zero-order chi connectivity index (χ0) is 26.1. The molecule has 3 rings (SSSR count). The highest BCUT2D eigenvalue weighted by molar-refractivity contribution is 6.16. The lowest BCUT2D eigenvalue weighted by Crippen LogP contribution is -2.31. The number of amides is 2. The normalized spacial score (nSPS) is 15.3. The van der Waals surface area contributed by atoms with Crippen LogP contribution >= 0.6 is 0 Å². The van der Waals surface area contributed by atoms with Gasteiger partial charge in [0.05, 0.1) is 24.3 Å². The van der Waals surface area contributed by atoms with Gasteiger partial charge in [0, 0.05) is 26.0 Å². The summed E-state index contributed by atoms with van der Waals surface area (Å²) in [7, 11) is 2.89. The fraction of sp³-hybridized carbons (Fsp3) is 0.321. The molecule has 0 saturated heterocycles. The third-order valence-electron chi connectivity index (χ3n) is 5.87. The minimum atomic E-state index is -0.558. The number of nitrogens with one attached hydrogen (secondary N) is 1.